The highest BCUT2D eigenvalue weighted by Gasteiger charge is 2.39. The van der Waals surface area contributed by atoms with Crippen LogP contribution in [0.5, 0.6) is 0 Å². The second-order valence-corrected chi connectivity index (χ2v) is 4.14. The molecular weight excluding hydrogens is 312 g/mol. The molecule has 0 aromatic carbocycles. The van der Waals surface area contributed by atoms with Crippen LogP contribution >= 0.6 is 31.9 Å². The number of carboxylic acid groups (broad SMARTS) is 2. The van der Waals surface area contributed by atoms with E-state index in [9.17, 15) is 19.8 Å². The first kappa shape index (κ1) is 12.9. The Labute approximate surface area is 91.3 Å². The van der Waals surface area contributed by atoms with Gasteiger partial charge in [0, 0.05) is 6.61 Å². The highest BCUT2D eigenvalue weighted by Crippen LogP contribution is 2.28. The van der Waals surface area contributed by atoms with Gasteiger partial charge < -0.3 is 24.5 Å². The third-order valence-electron chi connectivity index (χ3n) is 1.22. The molecule has 0 radical (unpaired) electrons. The quantitative estimate of drug-likeness (QED) is 0.449. The maximum Gasteiger partial charge on any atom is 0.140 e. The van der Waals surface area contributed by atoms with Gasteiger partial charge in [-0.25, -0.2) is 0 Å². The first-order chi connectivity index (χ1) is 5.87. The zero-order valence-corrected chi connectivity index (χ0v) is 9.75. The maximum atomic E-state index is 10.5. The molecule has 0 amide bonds. The second kappa shape index (κ2) is 4.92. The molecule has 7 heteroatoms. The number of aliphatic carboxylic acids is 2. The minimum Gasteiger partial charge on any atom is -0.548 e. The van der Waals surface area contributed by atoms with Crippen LogP contribution in [0.3, 0.4) is 0 Å². The van der Waals surface area contributed by atoms with Crippen molar-refractivity contribution in [1.29, 1.82) is 0 Å². The number of hydrogen-bond donors (Lipinski definition) is 0. The largest absolute Gasteiger partial charge is 0.548 e. The minimum absolute atomic E-state index is 0.157. The summed E-state index contributed by atoms with van der Waals surface area (Å²) in [4.78, 5) is 21.0. The van der Waals surface area contributed by atoms with Crippen LogP contribution in [0.15, 0.2) is 0 Å². The van der Waals surface area contributed by atoms with Crippen LogP contribution in [0.25, 0.3) is 0 Å². The molecule has 0 saturated heterocycles. The SMILES string of the molecule is CCOC(Br)C(Br)(C(=O)[O-])C(=O)[O-]. The number of carboxylic acids is 2. The number of halogens is 2. The predicted molar refractivity (Wildman–Crippen MR) is 46.0 cm³/mol. The number of carbonyl (C=O) groups excluding carboxylic acids is 2. The van der Waals surface area contributed by atoms with E-state index in [0.717, 1.165) is 0 Å². The average Bonchev–Trinajstić information content (AvgIpc) is 2.02. The third kappa shape index (κ3) is 2.65. The molecule has 0 bridgehead atoms. The molecule has 0 aromatic rings. The van der Waals surface area contributed by atoms with E-state index in [-0.39, 0.29) is 6.61 Å². The van der Waals surface area contributed by atoms with Gasteiger partial charge in [-0.1, -0.05) is 31.9 Å². The van der Waals surface area contributed by atoms with E-state index >= 15 is 0 Å². The summed E-state index contributed by atoms with van der Waals surface area (Å²) >= 11 is 5.24. The van der Waals surface area contributed by atoms with Crippen molar-refractivity contribution in [3.8, 4) is 0 Å². The van der Waals surface area contributed by atoms with Crippen molar-refractivity contribution in [2.45, 2.75) is 16.3 Å². The normalized spacial score (nSPS) is 13.8. The Bertz CT molecular complexity index is 203. The Morgan fingerprint density at radius 2 is 1.85 bits per heavy atom. The molecule has 76 valence electrons. The Kier molecular flexibility index (Phi) is 4.87. The number of carbonyl (C=O) groups is 2. The van der Waals surface area contributed by atoms with Crippen LogP contribution in [0, 0.1) is 0 Å². The fraction of sp³-hybridized carbons (Fsp3) is 0.667. The van der Waals surface area contributed by atoms with Crippen LogP contribution < -0.4 is 10.2 Å². The van der Waals surface area contributed by atoms with Crippen LogP contribution in [0.1, 0.15) is 6.92 Å². The van der Waals surface area contributed by atoms with Crippen molar-refractivity contribution in [3.05, 3.63) is 0 Å². The molecule has 1 unspecified atom stereocenters. The first-order valence-electron chi connectivity index (χ1n) is 3.24. The topological polar surface area (TPSA) is 89.5 Å². The lowest BCUT2D eigenvalue weighted by atomic mass is 10.1. The zero-order chi connectivity index (χ0) is 10.6. The van der Waals surface area contributed by atoms with Gasteiger partial charge in [-0.2, -0.15) is 0 Å². The van der Waals surface area contributed by atoms with Gasteiger partial charge in [-0.3, -0.25) is 0 Å². The smallest absolute Gasteiger partial charge is 0.140 e. The standard InChI is InChI=1S/C6H8Br2O5/c1-2-13-3(7)6(8,4(9)10)5(11)12/h3H,2H2,1H3,(H,9,10)(H,11,12)/p-2. The van der Waals surface area contributed by atoms with Crippen LogP contribution in [-0.2, 0) is 14.3 Å². The molecule has 0 saturated carbocycles. The van der Waals surface area contributed by atoms with Gasteiger partial charge in [-0.05, 0) is 6.92 Å². The average molecular weight is 318 g/mol. The van der Waals surface area contributed by atoms with Gasteiger partial charge in [0.15, 0.2) is 0 Å². The van der Waals surface area contributed by atoms with E-state index in [1.807, 2.05) is 0 Å². The molecule has 0 heterocycles. The molecule has 0 aliphatic rings. The molecule has 0 aliphatic carbocycles. The van der Waals surface area contributed by atoms with E-state index in [4.69, 9.17) is 4.74 Å². The lowest BCUT2D eigenvalue weighted by Gasteiger charge is -2.33. The van der Waals surface area contributed by atoms with Gasteiger partial charge in [0.05, 0.1) is 11.9 Å². The van der Waals surface area contributed by atoms with E-state index in [0.29, 0.717) is 0 Å². The summed E-state index contributed by atoms with van der Waals surface area (Å²) in [6.45, 7) is 1.75. The third-order valence-corrected chi connectivity index (χ3v) is 3.85. The molecule has 5 nitrogen and oxygen atoms in total. The van der Waals surface area contributed by atoms with Crippen molar-refractivity contribution in [1.82, 2.24) is 0 Å². The van der Waals surface area contributed by atoms with Gasteiger partial charge in [0.2, 0.25) is 0 Å². The molecule has 13 heavy (non-hydrogen) atoms. The summed E-state index contributed by atoms with van der Waals surface area (Å²) in [5.74, 6) is -3.66. The van der Waals surface area contributed by atoms with Gasteiger partial charge >= 0.3 is 0 Å². The lowest BCUT2D eigenvalue weighted by molar-refractivity contribution is -0.329. The lowest BCUT2D eigenvalue weighted by Crippen LogP contribution is -2.60. The van der Waals surface area contributed by atoms with E-state index in [2.05, 4.69) is 31.9 Å². The minimum atomic E-state index is -2.37. The van der Waals surface area contributed by atoms with E-state index in [1.54, 1.807) is 6.92 Å². The van der Waals surface area contributed by atoms with Crippen molar-refractivity contribution >= 4 is 43.8 Å². The van der Waals surface area contributed by atoms with E-state index in [1.165, 1.54) is 0 Å². The fourth-order valence-corrected chi connectivity index (χ4v) is 1.30. The fourth-order valence-electron chi connectivity index (χ4n) is 0.530. The molecule has 0 fully saturated rings. The summed E-state index contributed by atoms with van der Waals surface area (Å²) in [5, 5.41) is 19.7. The van der Waals surface area contributed by atoms with Crippen molar-refractivity contribution in [3.63, 3.8) is 0 Å². The monoisotopic (exact) mass is 316 g/mol. The van der Waals surface area contributed by atoms with Gasteiger partial charge in [0.25, 0.3) is 0 Å². The highest BCUT2D eigenvalue weighted by molar-refractivity contribution is 9.13. The molecule has 0 aliphatic heterocycles. The number of hydrogen-bond acceptors (Lipinski definition) is 5. The Morgan fingerprint density at radius 1 is 1.46 bits per heavy atom. The Balaban J connectivity index is 4.79. The molecule has 1 atom stereocenters. The Morgan fingerprint density at radius 3 is 2.08 bits per heavy atom. The summed E-state index contributed by atoms with van der Waals surface area (Å²) in [7, 11) is 0. The second-order valence-electron chi connectivity index (χ2n) is 2.06. The van der Waals surface area contributed by atoms with Crippen LogP contribution in [0.2, 0.25) is 0 Å². The van der Waals surface area contributed by atoms with E-state index < -0.39 is 21.3 Å². The molecule has 0 rings (SSSR count). The van der Waals surface area contributed by atoms with Crippen molar-refractivity contribution < 1.29 is 24.5 Å². The number of alkyl halides is 2. The van der Waals surface area contributed by atoms with Crippen molar-refractivity contribution in [2.75, 3.05) is 6.61 Å². The highest BCUT2D eigenvalue weighted by atomic mass is 79.9. The maximum absolute atomic E-state index is 10.5. The first-order valence-corrected chi connectivity index (χ1v) is 4.95. The molecule has 0 aromatic heterocycles. The molecular formula is C6H6Br2O5-2. The molecule has 0 N–H and O–H groups in total. The molecule has 0 spiro atoms. The van der Waals surface area contributed by atoms with Gasteiger partial charge in [0.1, 0.15) is 9.34 Å². The predicted octanol–water partition coefficient (Wildman–Crippen LogP) is -1.62. The number of rotatable bonds is 5. The van der Waals surface area contributed by atoms with Crippen LogP contribution in [0.4, 0.5) is 0 Å². The van der Waals surface area contributed by atoms with Gasteiger partial charge in [-0.15, -0.1) is 0 Å². The summed E-state index contributed by atoms with van der Waals surface area (Å²) in [6, 6.07) is 0. The van der Waals surface area contributed by atoms with Crippen molar-refractivity contribution in [2.24, 2.45) is 0 Å². The summed E-state index contributed by atoms with van der Waals surface area (Å²) < 4.78 is 2.39. The summed E-state index contributed by atoms with van der Waals surface area (Å²) in [6.07, 6.45) is 0. The zero-order valence-electron chi connectivity index (χ0n) is 6.58. The summed E-state index contributed by atoms with van der Waals surface area (Å²) in [5.41, 5.74) is 0. The Hall–Kier alpha value is -0.140. The van der Waals surface area contributed by atoms with Crippen LogP contribution in [-0.4, -0.2) is 27.9 Å². The number of ether oxygens (including phenoxy) is 1.